The van der Waals surface area contributed by atoms with Gasteiger partial charge < -0.3 is 9.47 Å². The lowest BCUT2D eigenvalue weighted by atomic mass is 10.6. The zero-order chi connectivity index (χ0) is 11.4. The van der Waals surface area contributed by atoms with Crippen LogP contribution in [-0.4, -0.2) is 32.3 Å². The van der Waals surface area contributed by atoms with Gasteiger partial charge in [0.1, 0.15) is 0 Å². The van der Waals surface area contributed by atoms with E-state index in [1.807, 2.05) is 0 Å². The van der Waals surface area contributed by atoms with Gasteiger partial charge in [0.2, 0.25) is 11.8 Å². The third kappa shape index (κ3) is 2.23. The summed E-state index contributed by atoms with van der Waals surface area (Å²) < 4.78 is 9.20. The molecular formula is C8H6N4O4. The molecule has 0 radical (unpaired) electrons. The van der Waals surface area contributed by atoms with Crippen molar-refractivity contribution in [3.05, 3.63) is 24.5 Å². The molecule has 0 aromatic carbocycles. The van der Waals surface area contributed by atoms with Gasteiger partial charge in [-0.15, -0.1) is 0 Å². The van der Waals surface area contributed by atoms with Gasteiger partial charge in [0.15, 0.2) is 0 Å². The van der Waals surface area contributed by atoms with Crippen LogP contribution in [0.3, 0.4) is 0 Å². The molecule has 0 unspecified atom stereocenters. The molecule has 0 aliphatic heterocycles. The van der Waals surface area contributed by atoms with E-state index in [-0.39, 0.29) is 11.8 Å². The van der Waals surface area contributed by atoms with Crippen molar-refractivity contribution in [1.82, 2.24) is 20.4 Å². The van der Waals surface area contributed by atoms with Gasteiger partial charge in [-0.2, -0.15) is 10.2 Å². The van der Waals surface area contributed by atoms with E-state index in [1.165, 1.54) is 24.5 Å². The van der Waals surface area contributed by atoms with Crippen LogP contribution in [0.4, 0.5) is 0 Å². The van der Waals surface area contributed by atoms with Crippen molar-refractivity contribution in [1.29, 1.82) is 0 Å². The van der Waals surface area contributed by atoms with E-state index in [0.717, 1.165) is 0 Å². The number of nitrogens with one attached hydrogen (secondary N) is 2. The lowest BCUT2D eigenvalue weighted by Crippen LogP contribution is -2.25. The average molecular weight is 222 g/mol. The monoisotopic (exact) mass is 222 g/mol. The van der Waals surface area contributed by atoms with Crippen LogP contribution < -0.4 is 9.47 Å². The van der Waals surface area contributed by atoms with Crippen LogP contribution in [0, 0.1) is 0 Å². The number of rotatable bonds is 2. The third-order valence-electron chi connectivity index (χ3n) is 1.52. The second-order valence-electron chi connectivity index (χ2n) is 2.62. The Morgan fingerprint density at radius 1 is 0.938 bits per heavy atom. The zero-order valence-corrected chi connectivity index (χ0v) is 7.84. The van der Waals surface area contributed by atoms with Crippen LogP contribution in [0.2, 0.25) is 0 Å². The SMILES string of the molecule is O=C(Oc1ccn[nH]1)C(=O)Oc1ccn[nH]1. The van der Waals surface area contributed by atoms with Crippen LogP contribution in [0.1, 0.15) is 0 Å². The normalized spacial score (nSPS) is 9.75. The second kappa shape index (κ2) is 4.26. The van der Waals surface area contributed by atoms with Crippen LogP contribution in [0.5, 0.6) is 11.8 Å². The van der Waals surface area contributed by atoms with E-state index in [0.29, 0.717) is 0 Å². The quantitative estimate of drug-likeness (QED) is 0.530. The molecule has 0 aliphatic carbocycles. The van der Waals surface area contributed by atoms with Crippen LogP contribution in [-0.2, 0) is 9.59 Å². The summed E-state index contributed by atoms with van der Waals surface area (Å²) in [5.41, 5.74) is 0. The molecule has 82 valence electrons. The topological polar surface area (TPSA) is 110 Å². The summed E-state index contributed by atoms with van der Waals surface area (Å²) >= 11 is 0. The fourth-order valence-electron chi connectivity index (χ4n) is 0.883. The molecule has 0 aliphatic rings. The first kappa shape index (κ1) is 9.90. The average Bonchev–Trinajstić information content (AvgIpc) is 2.90. The Labute approximate surface area is 88.6 Å². The van der Waals surface area contributed by atoms with Crippen molar-refractivity contribution in [2.45, 2.75) is 0 Å². The molecule has 0 spiro atoms. The molecule has 2 aromatic heterocycles. The Hall–Kier alpha value is -2.64. The Kier molecular flexibility index (Phi) is 2.63. The number of carbonyl (C=O) groups excluding carboxylic acids is 2. The highest BCUT2D eigenvalue weighted by Crippen LogP contribution is 2.05. The molecule has 8 nitrogen and oxygen atoms in total. The van der Waals surface area contributed by atoms with Gasteiger partial charge in [0.05, 0.1) is 12.4 Å². The number of hydrogen-bond donors (Lipinski definition) is 2. The number of carbonyl (C=O) groups is 2. The lowest BCUT2D eigenvalue weighted by molar-refractivity contribution is -0.156. The maximum Gasteiger partial charge on any atom is 0.424 e. The molecule has 2 aromatic rings. The van der Waals surface area contributed by atoms with Gasteiger partial charge in [0, 0.05) is 12.1 Å². The molecule has 2 N–H and O–H groups in total. The van der Waals surface area contributed by atoms with E-state index in [2.05, 4.69) is 29.9 Å². The minimum absolute atomic E-state index is 0.0616. The Morgan fingerprint density at radius 2 is 1.38 bits per heavy atom. The fraction of sp³-hybridized carbons (Fsp3) is 0. The Morgan fingerprint density at radius 3 is 1.69 bits per heavy atom. The van der Waals surface area contributed by atoms with Gasteiger partial charge in [-0.1, -0.05) is 0 Å². The number of H-pyrrole nitrogens is 2. The van der Waals surface area contributed by atoms with E-state index >= 15 is 0 Å². The Bertz CT molecular complexity index is 430. The summed E-state index contributed by atoms with van der Waals surface area (Å²) in [6.07, 6.45) is 2.76. The maximum atomic E-state index is 11.2. The second-order valence-corrected chi connectivity index (χ2v) is 2.62. The molecule has 0 amide bonds. The van der Waals surface area contributed by atoms with Crippen molar-refractivity contribution in [3.8, 4) is 11.8 Å². The highest BCUT2D eigenvalue weighted by molar-refractivity contribution is 6.30. The van der Waals surface area contributed by atoms with Crippen LogP contribution in [0.15, 0.2) is 24.5 Å². The molecule has 0 saturated heterocycles. The maximum absolute atomic E-state index is 11.2. The van der Waals surface area contributed by atoms with E-state index in [4.69, 9.17) is 0 Å². The fourth-order valence-corrected chi connectivity index (χ4v) is 0.883. The standard InChI is InChI=1S/C8H6N4O4/c13-7(15-5-1-3-9-11-5)8(14)16-6-2-4-10-12-6/h1-4H,(H,9,11)(H,10,12). The van der Waals surface area contributed by atoms with Gasteiger partial charge in [-0.3, -0.25) is 0 Å². The van der Waals surface area contributed by atoms with Crippen molar-refractivity contribution >= 4 is 11.9 Å². The summed E-state index contributed by atoms with van der Waals surface area (Å²) in [6, 6.07) is 2.78. The number of aromatic amines is 2. The summed E-state index contributed by atoms with van der Waals surface area (Å²) in [5.74, 6) is -2.18. The minimum Gasteiger partial charge on any atom is -0.400 e. The van der Waals surface area contributed by atoms with Crippen molar-refractivity contribution in [3.63, 3.8) is 0 Å². The van der Waals surface area contributed by atoms with Gasteiger partial charge >= 0.3 is 11.9 Å². The molecule has 0 atom stereocenters. The van der Waals surface area contributed by atoms with E-state index in [1.54, 1.807) is 0 Å². The molecule has 2 heterocycles. The predicted octanol–water partition coefficient (Wildman–Crippen LogP) is -0.356. The first-order valence-electron chi connectivity index (χ1n) is 4.18. The highest BCUT2D eigenvalue weighted by atomic mass is 16.6. The zero-order valence-electron chi connectivity index (χ0n) is 7.84. The lowest BCUT2D eigenvalue weighted by Gasteiger charge is -2.00. The summed E-state index contributed by atoms with van der Waals surface area (Å²) in [7, 11) is 0. The molecule has 0 fully saturated rings. The summed E-state index contributed by atoms with van der Waals surface area (Å²) in [4.78, 5) is 22.3. The van der Waals surface area contributed by atoms with E-state index < -0.39 is 11.9 Å². The van der Waals surface area contributed by atoms with E-state index in [9.17, 15) is 9.59 Å². The van der Waals surface area contributed by atoms with Gasteiger partial charge in [-0.25, -0.2) is 19.8 Å². The highest BCUT2D eigenvalue weighted by Gasteiger charge is 2.20. The van der Waals surface area contributed by atoms with Gasteiger partial charge in [0.25, 0.3) is 0 Å². The van der Waals surface area contributed by atoms with Crippen molar-refractivity contribution in [2.24, 2.45) is 0 Å². The molecule has 0 bridgehead atoms. The van der Waals surface area contributed by atoms with Crippen molar-refractivity contribution in [2.75, 3.05) is 0 Å². The largest absolute Gasteiger partial charge is 0.424 e. The van der Waals surface area contributed by atoms with Crippen LogP contribution >= 0.6 is 0 Å². The molecule has 2 rings (SSSR count). The minimum atomic E-state index is -1.15. The van der Waals surface area contributed by atoms with Gasteiger partial charge in [-0.05, 0) is 0 Å². The summed E-state index contributed by atoms with van der Waals surface area (Å²) in [6.45, 7) is 0. The van der Waals surface area contributed by atoms with Crippen molar-refractivity contribution < 1.29 is 19.1 Å². The molecule has 0 saturated carbocycles. The molecule has 8 heteroatoms. The third-order valence-corrected chi connectivity index (χ3v) is 1.52. The number of aromatic nitrogens is 4. The first-order valence-corrected chi connectivity index (χ1v) is 4.18. The Balaban J connectivity index is 1.92. The summed E-state index contributed by atoms with van der Waals surface area (Å²) in [5, 5.41) is 11.8. The first-order chi connectivity index (χ1) is 7.75. The molecule has 16 heavy (non-hydrogen) atoms. The predicted molar refractivity (Wildman–Crippen MR) is 48.4 cm³/mol. The molecular weight excluding hydrogens is 216 g/mol. The number of hydrogen-bond acceptors (Lipinski definition) is 6. The number of nitrogens with zero attached hydrogens (tertiary/aromatic N) is 2. The number of ether oxygens (including phenoxy) is 2. The smallest absolute Gasteiger partial charge is 0.400 e. The van der Waals surface area contributed by atoms with Crippen LogP contribution in [0.25, 0.3) is 0 Å². The number of esters is 2.